The Balaban J connectivity index is 2.07. The van der Waals surface area contributed by atoms with E-state index in [1.165, 1.54) is 0 Å². The molecule has 0 saturated heterocycles. The minimum atomic E-state index is -1.24. The predicted octanol–water partition coefficient (Wildman–Crippen LogP) is 3.56. The second kappa shape index (κ2) is 6.73. The molecule has 6 nitrogen and oxygen atoms in total. The smallest absolute Gasteiger partial charge is 0.357 e. The number of benzene rings is 2. The number of carbonyl (C=O) groups is 1. The van der Waals surface area contributed by atoms with Crippen molar-refractivity contribution < 1.29 is 15.1 Å². The average molecular weight is 347 g/mol. The van der Waals surface area contributed by atoms with Gasteiger partial charge in [0.25, 0.3) is 0 Å². The number of rotatable bonds is 4. The molecule has 0 aliphatic carbocycles. The summed E-state index contributed by atoms with van der Waals surface area (Å²) in [4.78, 5) is 15.5. The van der Waals surface area contributed by atoms with E-state index >= 15 is 0 Å². The lowest BCUT2D eigenvalue weighted by Crippen LogP contribution is -2.08. The zero-order chi connectivity index (χ0) is 18.8. The van der Waals surface area contributed by atoms with E-state index in [1.807, 2.05) is 37.3 Å². The van der Waals surface area contributed by atoms with Crippen LogP contribution >= 0.6 is 0 Å². The number of aryl methyl sites for hydroxylation is 2. The second-order valence-corrected chi connectivity index (χ2v) is 6.08. The largest absolute Gasteiger partial charge is 0.476 e. The molecule has 6 heteroatoms. The molecule has 0 spiro atoms. The van der Waals surface area contributed by atoms with Crippen LogP contribution in [0.25, 0.3) is 11.4 Å². The highest BCUT2D eigenvalue weighted by Crippen LogP contribution is 2.27. The number of nitrogens with zero attached hydrogens (tertiary/aromatic N) is 3. The van der Waals surface area contributed by atoms with Gasteiger partial charge in [-0.25, -0.2) is 9.78 Å². The monoisotopic (exact) mass is 347 g/mol. The number of hydrogen-bond acceptors (Lipinski definition) is 4. The molecule has 26 heavy (non-hydrogen) atoms. The molecule has 0 bridgehead atoms. The van der Waals surface area contributed by atoms with Gasteiger partial charge in [0, 0.05) is 5.56 Å². The first kappa shape index (κ1) is 17.2. The fourth-order valence-electron chi connectivity index (χ4n) is 2.95. The normalized spacial score (nSPS) is 10.5. The molecular weight excluding hydrogens is 330 g/mol. The van der Waals surface area contributed by atoms with Crippen LogP contribution in [0.1, 0.15) is 38.4 Å². The Morgan fingerprint density at radius 1 is 1.23 bits per heavy atom. The zero-order valence-electron chi connectivity index (χ0n) is 14.4. The topological polar surface area (TPSA) is 99.1 Å². The van der Waals surface area contributed by atoms with Gasteiger partial charge in [0.05, 0.1) is 17.3 Å². The highest BCUT2D eigenvalue weighted by atomic mass is 16.5. The first-order valence-electron chi connectivity index (χ1n) is 8.02. The second-order valence-electron chi connectivity index (χ2n) is 6.08. The Bertz CT molecular complexity index is 1040. The van der Waals surface area contributed by atoms with Gasteiger partial charge in [0.2, 0.25) is 0 Å². The lowest BCUT2D eigenvalue weighted by molar-refractivity contribution is 0.0645. The molecule has 2 N–H and O–H groups in total. The Morgan fingerprint density at radius 3 is 2.62 bits per heavy atom. The summed E-state index contributed by atoms with van der Waals surface area (Å²) in [5, 5.41) is 28.7. The predicted molar refractivity (Wildman–Crippen MR) is 95.2 cm³/mol. The standard InChI is InChI=1S/C20H17N3O3/c1-12-7-8-14(10-16(12)11-21)9-15-5-3-4-6-17(15)19-22-13(2)18(20(24)25)23(19)26/h3-8,10,26H,9H2,1-2H3,(H,24,25). The number of aromatic carboxylic acids is 1. The number of carboxylic acid groups (broad SMARTS) is 1. The van der Waals surface area contributed by atoms with Gasteiger partial charge in [-0.15, -0.1) is 0 Å². The third-order valence-electron chi connectivity index (χ3n) is 4.31. The summed E-state index contributed by atoms with van der Waals surface area (Å²) in [7, 11) is 0. The maximum atomic E-state index is 11.3. The maximum Gasteiger partial charge on any atom is 0.357 e. The van der Waals surface area contributed by atoms with E-state index in [-0.39, 0.29) is 17.2 Å². The molecule has 2 aromatic carbocycles. The summed E-state index contributed by atoms with van der Waals surface area (Å²) in [6.45, 7) is 3.43. The number of imidazole rings is 1. The Hall–Kier alpha value is -3.59. The first-order chi connectivity index (χ1) is 12.4. The van der Waals surface area contributed by atoms with Crippen LogP contribution in [0.4, 0.5) is 0 Å². The van der Waals surface area contributed by atoms with E-state index < -0.39 is 5.97 Å². The number of carboxylic acids is 1. The summed E-state index contributed by atoms with van der Waals surface area (Å²) in [6.07, 6.45) is 0.527. The minimum Gasteiger partial charge on any atom is -0.476 e. The average Bonchev–Trinajstić information content (AvgIpc) is 2.91. The van der Waals surface area contributed by atoms with E-state index in [0.717, 1.165) is 16.7 Å². The molecule has 0 atom stereocenters. The third kappa shape index (κ3) is 3.03. The van der Waals surface area contributed by atoms with E-state index in [1.54, 1.807) is 19.1 Å². The molecule has 0 unspecified atom stereocenters. The minimum absolute atomic E-state index is 0.183. The summed E-state index contributed by atoms with van der Waals surface area (Å²) < 4.78 is 0.617. The van der Waals surface area contributed by atoms with Crippen LogP contribution < -0.4 is 0 Å². The van der Waals surface area contributed by atoms with Crippen LogP contribution in [-0.2, 0) is 6.42 Å². The summed E-state index contributed by atoms with van der Waals surface area (Å²) in [5.74, 6) is -1.05. The van der Waals surface area contributed by atoms with Crippen LogP contribution in [0.15, 0.2) is 42.5 Å². The third-order valence-corrected chi connectivity index (χ3v) is 4.31. The van der Waals surface area contributed by atoms with Crippen molar-refractivity contribution in [2.45, 2.75) is 20.3 Å². The van der Waals surface area contributed by atoms with Crippen molar-refractivity contribution in [1.29, 1.82) is 5.26 Å². The molecular formula is C20H17N3O3. The highest BCUT2D eigenvalue weighted by Gasteiger charge is 2.22. The summed E-state index contributed by atoms with van der Waals surface area (Å²) in [5.41, 5.74) is 3.99. The van der Waals surface area contributed by atoms with E-state index in [4.69, 9.17) is 0 Å². The zero-order valence-corrected chi connectivity index (χ0v) is 14.4. The molecule has 1 heterocycles. The number of hydrogen-bond donors (Lipinski definition) is 2. The molecule has 3 rings (SSSR count). The van der Waals surface area contributed by atoms with E-state index in [0.29, 0.717) is 22.3 Å². The molecule has 3 aromatic rings. The molecule has 0 aliphatic rings. The highest BCUT2D eigenvalue weighted by molar-refractivity contribution is 5.88. The number of aromatic nitrogens is 2. The van der Waals surface area contributed by atoms with E-state index in [2.05, 4.69) is 11.1 Å². The van der Waals surface area contributed by atoms with Gasteiger partial charge in [0.15, 0.2) is 11.5 Å². The number of nitriles is 1. The molecule has 130 valence electrons. The fourth-order valence-corrected chi connectivity index (χ4v) is 2.95. The van der Waals surface area contributed by atoms with Crippen molar-refractivity contribution in [3.63, 3.8) is 0 Å². The van der Waals surface area contributed by atoms with Crippen LogP contribution in [0.2, 0.25) is 0 Å². The molecule has 0 fully saturated rings. The van der Waals surface area contributed by atoms with Gasteiger partial charge < -0.3 is 10.3 Å². The lowest BCUT2D eigenvalue weighted by atomic mass is 9.97. The molecule has 0 radical (unpaired) electrons. The Kier molecular flexibility index (Phi) is 4.46. The van der Waals surface area contributed by atoms with Crippen molar-refractivity contribution >= 4 is 5.97 Å². The van der Waals surface area contributed by atoms with Gasteiger partial charge in [-0.3, -0.25) is 0 Å². The van der Waals surface area contributed by atoms with E-state index in [9.17, 15) is 20.4 Å². The first-order valence-corrected chi connectivity index (χ1v) is 8.02. The Labute approximate surface area is 150 Å². The van der Waals surface area contributed by atoms with Crippen molar-refractivity contribution in [2.75, 3.05) is 0 Å². The van der Waals surface area contributed by atoms with Crippen LogP contribution in [0, 0.1) is 25.2 Å². The summed E-state index contributed by atoms with van der Waals surface area (Å²) in [6, 6.07) is 15.2. The Morgan fingerprint density at radius 2 is 1.96 bits per heavy atom. The van der Waals surface area contributed by atoms with Crippen molar-refractivity contribution in [3.8, 4) is 17.5 Å². The van der Waals surface area contributed by atoms with Crippen LogP contribution in [0.5, 0.6) is 0 Å². The van der Waals surface area contributed by atoms with Crippen LogP contribution in [-0.4, -0.2) is 26.0 Å². The van der Waals surface area contributed by atoms with Gasteiger partial charge in [0.1, 0.15) is 0 Å². The summed E-state index contributed by atoms with van der Waals surface area (Å²) >= 11 is 0. The maximum absolute atomic E-state index is 11.3. The molecule has 1 aromatic heterocycles. The lowest BCUT2D eigenvalue weighted by Gasteiger charge is -2.10. The van der Waals surface area contributed by atoms with Gasteiger partial charge >= 0.3 is 5.97 Å². The quantitative estimate of drug-likeness (QED) is 0.703. The van der Waals surface area contributed by atoms with Gasteiger partial charge in [-0.1, -0.05) is 36.4 Å². The van der Waals surface area contributed by atoms with Gasteiger partial charge in [-0.05, 0) is 43.0 Å². The molecule has 0 amide bonds. The van der Waals surface area contributed by atoms with Gasteiger partial charge in [-0.2, -0.15) is 9.99 Å². The fraction of sp³-hybridized carbons (Fsp3) is 0.150. The van der Waals surface area contributed by atoms with Crippen LogP contribution in [0.3, 0.4) is 0 Å². The SMILES string of the molecule is Cc1ccc(Cc2ccccc2-c2nc(C)c(C(=O)O)n2O)cc1C#N. The molecule has 0 saturated carbocycles. The van der Waals surface area contributed by atoms with Crippen molar-refractivity contribution in [2.24, 2.45) is 0 Å². The van der Waals surface area contributed by atoms with Crippen molar-refractivity contribution in [1.82, 2.24) is 9.71 Å². The molecule has 0 aliphatic heterocycles. The van der Waals surface area contributed by atoms with Crippen molar-refractivity contribution in [3.05, 3.63) is 76.1 Å².